The molecule has 1 saturated heterocycles. The van der Waals surface area contributed by atoms with Gasteiger partial charge in [-0.2, -0.15) is 0 Å². The van der Waals surface area contributed by atoms with Gasteiger partial charge in [0.25, 0.3) is 0 Å². The monoisotopic (exact) mass is 310 g/mol. The van der Waals surface area contributed by atoms with Crippen LogP contribution < -0.4 is 10.1 Å². The number of fused-ring (bicyclic) bond motifs is 1. The van der Waals surface area contributed by atoms with Crippen LogP contribution in [-0.2, 0) is 0 Å². The maximum atomic E-state index is 6.36. The quantitative estimate of drug-likeness (QED) is 0.791. The van der Waals surface area contributed by atoms with Crippen molar-refractivity contribution in [2.45, 2.75) is 18.9 Å². The summed E-state index contributed by atoms with van der Waals surface area (Å²) in [7, 11) is 0. The summed E-state index contributed by atoms with van der Waals surface area (Å²) in [5.74, 6) is 0.994. The van der Waals surface area contributed by atoms with Gasteiger partial charge >= 0.3 is 0 Å². The third-order valence-corrected chi connectivity index (χ3v) is 5.02. The molecule has 0 amide bonds. The molecule has 0 saturated carbocycles. The summed E-state index contributed by atoms with van der Waals surface area (Å²) < 4.78 is 6.36. The average Bonchev–Trinajstić information content (AvgIpc) is 3.10. The topological polar surface area (TPSA) is 34.1 Å². The van der Waals surface area contributed by atoms with Crippen LogP contribution in [0.3, 0.4) is 0 Å². The maximum Gasteiger partial charge on any atom is 0.129 e. The van der Waals surface area contributed by atoms with Gasteiger partial charge in [-0.25, -0.2) is 0 Å². The lowest BCUT2D eigenvalue weighted by Crippen LogP contribution is -2.34. The van der Waals surface area contributed by atoms with Crippen molar-refractivity contribution in [3.63, 3.8) is 0 Å². The SMILES string of the molecule is c1csc(-c2c(OC3CCNCC3)ccc3cnccc23)c1. The zero-order chi connectivity index (χ0) is 14.8. The number of piperidine rings is 1. The molecule has 0 unspecified atom stereocenters. The van der Waals surface area contributed by atoms with Gasteiger partial charge in [0.15, 0.2) is 0 Å². The Bertz CT molecular complexity index is 764. The van der Waals surface area contributed by atoms with Gasteiger partial charge in [0, 0.05) is 28.2 Å². The number of benzene rings is 1. The van der Waals surface area contributed by atoms with Crippen molar-refractivity contribution >= 4 is 22.1 Å². The number of hydrogen-bond donors (Lipinski definition) is 1. The Hall–Kier alpha value is -1.91. The molecule has 2 aromatic heterocycles. The number of rotatable bonds is 3. The first-order valence-electron chi connectivity index (χ1n) is 7.70. The molecule has 1 aliphatic rings. The number of pyridine rings is 1. The molecule has 1 aromatic carbocycles. The van der Waals surface area contributed by atoms with Crippen LogP contribution in [0.15, 0.2) is 48.1 Å². The second-order valence-corrected chi connectivity index (χ2v) is 6.53. The second-order valence-electron chi connectivity index (χ2n) is 5.58. The lowest BCUT2D eigenvalue weighted by Gasteiger charge is -2.25. The molecule has 3 heterocycles. The van der Waals surface area contributed by atoms with E-state index in [4.69, 9.17) is 4.74 Å². The normalized spacial score (nSPS) is 16.0. The molecular formula is C18H18N2OS. The zero-order valence-corrected chi connectivity index (χ0v) is 13.1. The molecule has 22 heavy (non-hydrogen) atoms. The first-order chi connectivity index (χ1) is 10.9. The Morgan fingerprint density at radius 1 is 1.14 bits per heavy atom. The minimum atomic E-state index is 0.305. The molecular weight excluding hydrogens is 292 g/mol. The van der Waals surface area contributed by atoms with Gasteiger partial charge in [-0.15, -0.1) is 11.3 Å². The van der Waals surface area contributed by atoms with Gasteiger partial charge < -0.3 is 10.1 Å². The fourth-order valence-corrected chi connectivity index (χ4v) is 3.80. The van der Waals surface area contributed by atoms with E-state index in [2.05, 4.69) is 46.0 Å². The van der Waals surface area contributed by atoms with Crippen LogP contribution in [0, 0.1) is 0 Å². The van der Waals surface area contributed by atoms with E-state index in [0.29, 0.717) is 6.10 Å². The predicted molar refractivity (Wildman–Crippen MR) is 91.6 cm³/mol. The summed E-state index contributed by atoms with van der Waals surface area (Å²) in [6.07, 6.45) is 6.21. The molecule has 0 spiro atoms. The smallest absolute Gasteiger partial charge is 0.129 e. The van der Waals surface area contributed by atoms with Gasteiger partial charge in [-0.05, 0) is 61.0 Å². The van der Waals surface area contributed by atoms with Crippen LogP contribution in [0.5, 0.6) is 5.75 Å². The Balaban J connectivity index is 1.81. The highest BCUT2D eigenvalue weighted by Gasteiger charge is 2.18. The fraction of sp³-hybridized carbons (Fsp3) is 0.278. The Morgan fingerprint density at radius 2 is 2.05 bits per heavy atom. The van der Waals surface area contributed by atoms with Crippen LogP contribution >= 0.6 is 11.3 Å². The van der Waals surface area contributed by atoms with Crippen LogP contribution in [0.2, 0.25) is 0 Å². The number of hydrogen-bond acceptors (Lipinski definition) is 4. The van der Waals surface area contributed by atoms with E-state index in [1.165, 1.54) is 15.8 Å². The molecule has 1 fully saturated rings. The number of nitrogens with zero attached hydrogens (tertiary/aromatic N) is 1. The van der Waals surface area contributed by atoms with Crippen LogP contribution in [0.25, 0.3) is 21.2 Å². The predicted octanol–water partition coefficient (Wildman–Crippen LogP) is 4.09. The highest BCUT2D eigenvalue weighted by molar-refractivity contribution is 7.13. The number of ether oxygens (including phenoxy) is 1. The first kappa shape index (κ1) is 13.7. The summed E-state index contributed by atoms with van der Waals surface area (Å²) in [4.78, 5) is 5.49. The molecule has 4 heteroatoms. The minimum absolute atomic E-state index is 0.305. The van der Waals surface area contributed by atoms with E-state index in [-0.39, 0.29) is 0 Å². The zero-order valence-electron chi connectivity index (χ0n) is 12.3. The molecule has 0 radical (unpaired) electrons. The minimum Gasteiger partial charge on any atom is -0.490 e. The summed E-state index contributed by atoms with van der Waals surface area (Å²) in [5.41, 5.74) is 1.20. The standard InChI is InChI=1S/C18H18N2OS/c1-2-17(22-11-1)18-15-7-10-20-12-13(15)3-4-16(18)21-14-5-8-19-9-6-14/h1-4,7,10-12,14,19H,5-6,8-9H2. The van der Waals surface area contributed by atoms with Crippen LogP contribution in [0.4, 0.5) is 0 Å². The second kappa shape index (κ2) is 6.07. The van der Waals surface area contributed by atoms with Crippen molar-refractivity contribution in [2.75, 3.05) is 13.1 Å². The van der Waals surface area contributed by atoms with Crippen molar-refractivity contribution in [1.29, 1.82) is 0 Å². The lowest BCUT2D eigenvalue weighted by atomic mass is 10.0. The molecule has 3 aromatic rings. The summed E-state index contributed by atoms with van der Waals surface area (Å²) in [6.45, 7) is 2.08. The summed E-state index contributed by atoms with van der Waals surface area (Å²) in [5, 5.41) is 7.87. The maximum absolute atomic E-state index is 6.36. The number of thiophene rings is 1. The number of nitrogens with one attached hydrogen (secondary N) is 1. The molecule has 1 N–H and O–H groups in total. The summed E-state index contributed by atoms with van der Waals surface area (Å²) in [6, 6.07) is 10.5. The van der Waals surface area contributed by atoms with Gasteiger partial charge in [-0.3, -0.25) is 4.98 Å². The van der Waals surface area contributed by atoms with E-state index in [0.717, 1.165) is 37.1 Å². The van der Waals surface area contributed by atoms with Crippen molar-refractivity contribution in [2.24, 2.45) is 0 Å². The van der Waals surface area contributed by atoms with Crippen LogP contribution in [-0.4, -0.2) is 24.2 Å². The van der Waals surface area contributed by atoms with Crippen LogP contribution in [0.1, 0.15) is 12.8 Å². The van der Waals surface area contributed by atoms with Crippen molar-refractivity contribution in [3.8, 4) is 16.2 Å². The van der Waals surface area contributed by atoms with E-state index in [1.54, 1.807) is 11.3 Å². The third kappa shape index (κ3) is 2.60. The molecule has 0 atom stereocenters. The van der Waals surface area contributed by atoms with E-state index in [9.17, 15) is 0 Å². The van der Waals surface area contributed by atoms with Crippen molar-refractivity contribution in [3.05, 3.63) is 48.1 Å². The molecule has 112 valence electrons. The van der Waals surface area contributed by atoms with Crippen molar-refractivity contribution < 1.29 is 4.74 Å². The Labute approximate surface area is 134 Å². The van der Waals surface area contributed by atoms with E-state index in [1.807, 2.05) is 12.4 Å². The Morgan fingerprint density at radius 3 is 2.86 bits per heavy atom. The largest absolute Gasteiger partial charge is 0.490 e. The lowest BCUT2D eigenvalue weighted by molar-refractivity contribution is 0.163. The average molecular weight is 310 g/mol. The van der Waals surface area contributed by atoms with Gasteiger partial charge in [0.2, 0.25) is 0 Å². The fourth-order valence-electron chi connectivity index (χ4n) is 3.01. The number of aromatic nitrogens is 1. The molecule has 3 nitrogen and oxygen atoms in total. The van der Waals surface area contributed by atoms with Gasteiger partial charge in [0.05, 0.1) is 0 Å². The van der Waals surface area contributed by atoms with E-state index >= 15 is 0 Å². The van der Waals surface area contributed by atoms with Crippen molar-refractivity contribution in [1.82, 2.24) is 10.3 Å². The first-order valence-corrected chi connectivity index (χ1v) is 8.58. The summed E-state index contributed by atoms with van der Waals surface area (Å²) >= 11 is 1.75. The van der Waals surface area contributed by atoms with E-state index < -0.39 is 0 Å². The molecule has 1 aliphatic heterocycles. The highest BCUT2D eigenvalue weighted by Crippen LogP contribution is 2.39. The van der Waals surface area contributed by atoms with Gasteiger partial charge in [-0.1, -0.05) is 6.07 Å². The Kier molecular flexibility index (Phi) is 3.79. The highest BCUT2D eigenvalue weighted by atomic mass is 32.1. The molecule has 0 aliphatic carbocycles. The third-order valence-electron chi connectivity index (χ3n) is 4.13. The molecule has 4 rings (SSSR count). The molecule has 0 bridgehead atoms. The van der Waals surface area contributed by atoms with Gasteiger partial charge in [0.1, 0.15) is 11.9 Å².